The molecule has 1 aromatic rings. The van der Waals surface area contributed by atoms with Gasteiger partial charge in [0.1, 0.15) is 5.60 Å². The van der Waals surface area contributed by atoms with Gasteiger partial charge in [-0.25, -0.2) is 4.79 Å². The number of carbonyl (C=O) groups excluding carboxylic acids is 1. The third kappa shape index (κ3) is 5.91. The zero-order valence-corrected chi connectivity index (χ0v) is 13.1. The highest BCUT2D eigenvalue weighted by Crippen LogP contribution is 2.16. The fraction of sp³-hybridized carbons (Fsp3) is 0.471. The summed E-state index contributed by atoms with van der Waals surface area (Å²) in [5.41, 5.74) is 7.84. The Labute approximate surface area is 121 Å². The Morgan fingerprint density at radius 1 is 1.30 bits per heavy atom. The van der Waals surface area contributed by atoms with Crippen LogP contribution in [0.4, 0.5) is 5.69 Å². The fourth-order valence-corrected chi connectivity index (χ4v) is 1.94. The van der Waals surface area contributed by atoms with Gasteiger partial charge in [0.2, 0.25) is 0 Å². The average Bonchev–Trinajstić information content (AvgIpc) is 2.29. The molecule has 0 unspecified atom stereocenters. The summed E-state index contributed by atoms with van der Waals surface area (Å²) in [5.74, 6) is 0.0211. The Morgan fingerprint density at radius 2 is 1.85 bits per heavy atom. The third-order valence-electron chi connectivity index (χ3n) is 2.79. The molecule has 0 amide bonds. The van der Waals surface area contributed by atoms with Gasteiger partial charge in [-0.2, -0.15) is 0 Å². The van der Waals surface area contributed by atoms with E-state index in [0.29, 0.717) is 5.57 Å². The van der Waals surface area contributed by atoms with Crippen molar-refractivity contribution in [3.63, 3.8) is 0 Å². The van der Waals surface area contributed by atoms with E-state index in [1.54, 1.807) is 6.92 Å². The van der Waals surface area contributed by atoms with Gasteiger partial charge in [0, 0.05) is 11.3 Å². The molecule has 20 heavy (non-hydrogen) atoms. The second-order valence-electron chi connectivity index (χ2n) is 6.27. The number of allylic oxidation sites excluding steroid dienone is 1. The van der Waals surface area contributed by atoms with E-state index in [0.717, 1.165) is 12.1 Å². The smallest absolute Gasteiger partial charge is 0.333 e. The summed E-state index contributed by atoms with van der Waals surface area (Å²) in [6.07, 6.45) is 2.84. The van der Waals surface area contributed by atoms with Crippen molar-refractivity contribution in [2.24, 2.45) is 5.92 Å². The summed E-state index contributed by atoms with van der Waals surface area (Å²) in [5, 5.41) is 0. The molecular weight excluding hydrogens is 250 g/mol. The Balaban J connectivity index is 2.63. The lowest BCUT2D eigenvalue weighted by Gasteiger charge is -2.20. The molecule has 1 rings (SSSR count). The largest absolute Gasteiger partial charge is 0.457 e. The number of rotatable bonds is 4. The molecule has 0 aliphatic heterocycles. The molecule has 3 heteroatoms. The molecule has 1 atom stereocenters. The molecule has 0 saturated heterocycles. The van der Waals surface area contributed by atoms with E-state index in [1.807, 2.05) is 51.1 Å². The highest BCUT2D eigenvalue weighted by Gasteiger charge is 2.17. The fourth-order valence-electron chi connectivity index (χ4n) is 1.94. The van der Waals surface area contributed by atoms with Gasteiger partial charge in [-0.3, -0.25) is 0 Å². The minimum Gasteiger partial charge on any atom is -0.457 e. The van der Waals surface area contributed by atoms with Crippen molar-refractivity contribution in [3.8, 4) is 0 Å². The first-order chi connectivity index (χ1) is 9.17. The first kappa shape index (κ1) is 16.3. The van der Waals surface area contributed by atoms with Crippen molar-refractivity contribution < 1.29 is 9.53 Å². The maximum atomic E-state index is 11.9. The summed E-state index contributed by atoms with van der Waals surface area (Å²) in [6, 6.07) is 7.82. The molecule has 110 valence electrons. The molecule has 0 aliphatic carbocycles. The first-order valence-electron chi connectivity index (χ1n) is 6.93. The predicted molar refractivity (Wildman–Crippen MR) is 83.3 cm³/mol. The second-order valence-corrected chi connectivity index (χ2v) is 6.27. The van der Waals surface area contributed by atoms with Crippen LogP contribution in [0.5, 0.6) is 0 Å². The zero-order chi connectivity index (χ0) is 15.3. The van der Waals surface area contributed by atoms with Crippen LogP contribution in [0.15, 0.2) is 35.9 Å². The lowest BCUT2D eigenvalue weighted by atomic mass is 9.98. The third-order valence-corrected chi connectivity index (χ3v) is 2.79. The number of hydrogen-bond donors (Lipinski definition) is 1. The van der Waals surface area contributed by atoms with Gasteiger partial charge >= 0.3 is 5.97 Å². The Hall–Kier alpha value is -1.77. The van der Waals surface area contributed by atoms with Gasteiger partial charge in [0.05, 0.1) is 0 Å². The minimum absolute atomic E-state index is 0.248. The van der Waals surface area contributed by atoms with Crippen LogP contribution < -0.4 is 5.73 Å². The zero-order valence-electron chi connectivity index (χ0n) is 13.1. The van der Waals surface area contributed by atoms with Gasteiger partial charge in [0.25, 0.3) is 0 Å². The van der Waals surface area contributed by atoms with Crippen LogP contribution in [0.1, 0.15) is 40.2 Å². The second kappa shape index (κ2) is 6.60. The van der Waals surface area contributed by atoms with Crippen LogP contribution in [0.3, 0.4) is 0 Å². The number of esters is 1. The van der Waals surface area contributed by atoms with Gasteiger partial charge in [-0.15, -0.1) is 0 Å². The van der Waals surface area contributed by atoms with Crippen molar-refractivity contribution in [1.82, 2.24) is 0 Å². The molecule has 2 N–H and O–H groups in total. The summed E-state index contributed by atoms with van der Waals surface area (Å²) in [4.78, 5) is 11.9. The predicted octanol–water partition coefficient (Wildman–Crippen LogP) is 3.74. The molecule has 0 bridgehead atoms. The molecule has 0 heterocycles. The normalized spacial score (nSPS) is 13.9. The molecule has 0 radical (unpaired) electrons. The average molecular weight is 275 g/mol. The van der Waals surface area contributed by atoms with Gasteiger partial charge < -0.3 is 10.5 Å². The number of anilines is 1. The number of carbonyl (C=O) groups is 1. The van der Waals surface area contributed by atoms with E-state index in [9.17, 15) is 4.79 Å². The molecule has 1 aromatic carbocycles. The topological polar surface area (TPSA) is 52.3 Å². The lowest BCUT2D eigenvalue weighted by Crippen LogP contribution is -2.24. The maximum Gasteiger partial charge on any atom is 0.333 e. The Kier molecular flexibility index (Phi) is 5.37. The van der Waals surface area contributed by atoms with Crippen molar-refractivity contribution in [3.05, 3.63) is 41.5 Å². The molecule has 0 spiro atoms. The SMILES string of the molecule is C/C(=C\[C@@H](C)Cc1ccc(N)cc1)C(=O)OC(C)(C)C. The standard InChI is InChI=1S/C17H25NO2/c1-12(11-14-6-8-15(18)9-7-14)10-13(2)16(19)20-17(3,4)5/h6-10,12H,11,18H2,1-5H3/b13-10+/t12-/m1/s1. The Bertz CT molecular complexity index is 481. The highest BCUT2D eigenvalue weighted by molar-refractivity contribution is 5.88. The first-order valence-corrected chi connectivity index (χ1v) is 6.93. The van der Waals surface area contributed by atoms with Gasteiger partial charge in [-0.05, 0) is 57.7 Å². The molecule has 0 saturated carbocycles. The van der Waals surface area contributed by atoms with Crippen molar-refractivity contribution in [2.45, 2.75) is 46.6 Å². The van der Waals surface area contributed by atoms with Crippen LogP contribution in [-0.2, 0) is 16.0 Å². The van der Waals surface area contributed by atoms with E-state index in [2.05, 4.69) is 6.92 Å². The summed E-state index contributed by atoms with van der Waals surface area (Å²) < 4.78 is 5.34. The molecular formula is C17H25NO2. The van der Waals surface area contributed by atoms with E-state index >= 15 is 0 Å². The van der Waals surface area contributed by atoms with Gasteiger partial charge in [0.15, 0.2) is 0 Å². The van der Waals surface area contributed by atoms with Crippen LogP contribution in [0.25, 0.3) is 0 Å². The minimum atomic E-state index is -0.452. The van der Waals surface area contributed by atoms with Gasteiger partial charge in [-0.1, -0.05) is 25.1 Å². The lowest BCUT2D eigenvalue weighted by molar-refractivity contribution is -0.149. The van der Waals surface area contributed by atoms with E-state index < -0.39 is 5.60 Å². The summed E-state index contributed by atoms with van der Waals surface area (Å²) in [7, 11) is 0. The summed E-state index contributed by atoms with van der Waals surface area (Å²) in [6.45, 7) is 9.50. The van der Waals surface area contributed by atoms with E-state index in [4.69, 9.17) is 10.5 Å². The van der Waals surface area contributed by atoms with Crippen LogP contribution in [0, 0.1) is 5.92 Å². The van der Waals surface area contributed by atoms with Crippen LogP contribution in [-0.4, -0.2) is 11.6 Å². The number of nitrogen functional groups attached to an aromatic ring is 1. The molecule has 0 aliphatic rings. The van der Waals surface area contributed by atoms with E-state index in [1.165, 1.54) is 5.56 Å². The van der Waals surface area contributed by atoms with Crippen molar-refractivity contribution in [2.75, 3.05) is 5.73 Å². The van der Waals surface area contributed by atoms with Crippen molar-refractivity contribution >= 4 is 11.7 Å². The monoisotopic (exact) mass is 275 g/mol. The van der Waals surface area contributed by atoms with Crippen LogP contribution in [0.2, 0.25) is 0 Å². The molecule has 0 aromatic heterocycles. The Morgan fingerprint density at radius 3 is 2.35 bits per heavy atom. The molecule has 0 fully saturated rings. The number of hydrogen-bond acceptors (Lipinski definition) is 3. The quantitative estimate of drug-likeness (QED) is 0.517. The number of benzene rings is 1. The number of nitrogens with two attached hydrogens (primary N) is 1. The van der Waals surface area contributed by atoms with E-state index in [-0.39, 0.29) is 11.9 Å². The maximum absolute atomic E-state index is 11.9. The highest BCUT2D eigenvalue weighted by atomic mass is 16.6. The molecule has 3 nitrogen and oxygen atoms in total. The van der Waals surface area contributed by atoms with Crippen molar-refractivity contribution in [1.29, 1.82) is 0 Å². The summed E-state index contributed by atoms with van der Waals surface area (Å²) >= 11 is 0. The number of ether oxygens (including phenoxy) is 1. The van der Waals surface area contributed by atoms with Crippen LogP contribution >= 0.6 is 0 Å².